The van der Waals surface area contributed by atoms with Gasteiger partial charge in [-0.25, -0.2) is 4.79 Å². The van der Waals surface area contributed by atoms with Crippen molar-refractivity contribution >= 4 is 29.2 Å². The molecule has 0 spiro atoms. The van der Waals surface area contributed by atoms with Gasteiger partial charge in [0, 0.05) is 45.0 Å². The monoisotopic (exact) mass is 418 g/mol. The summed E-state index contributed by atoms with van der Waals surface area (Å²) in [5, 5.41) is 0. The van der Waals surface area contributed by atoms with Crippen LogP contribution in [0.25, 0.3) is 0 Å². The first-order valence-electron chi connectivity index (χ1n) is 9.54. The summed E-state index contributed by atoms with van der Waals surface area (Å²) in [5.74, 6) is -0.250. The van der Waals surface area contributed by atoms with Crippen LogP contribution in [0, 0.1) is 0 Å². The zero-order chi connectivity index (χ0) is 22.3. The highest BCUT2D eigenvalue weighted by molar-refractivity contribution is 5.89. The van der Waals surface area contributed by atoms with Crippen molar-refractivity contribution in [3.63, 3.8) is 0 Å². The third kappa shape index (κ3) is 5.49. The summed E-state index contributed by atoms with van der Waals surface area (Å²) < 4.78 is 16.0. The van der Waals surface area contributed by atoms with Gasteiger partial charge in [0.05, 0.1) is 12.2 Å². The molecule has 0 amide bonds. The van der Waals surface area contributed by atoms with Crippen molar-refractivity contribution in [1.82, 2.24) is 9.97 Å². The first-order chi connectivity index (χ1) is 14.3. The van der Waals surface area contributed by atoms with Gasteiger partial charge in [-0.1, -0.05) is 0 Å². The SMILES string of the molecule is CCOC(=O)c1ccc(N(C)CCC(c2c(N)nc(N)nc2N)C(OC)OC)cc1. The molecule has 0 aliphatic carbocycles. The molecule has 0 aliphatic rings. The van der Waals surface area contributed by atoms with Gasteiger partial charge in [-0.05, 0) is 37.6 Å². The van der Waals surface area contributed by atoms with Gasteiger partial charge in [0.1, 0.15) is 11.6 Å². The number of hydrogen-bond donors (Lipinski definition) is 3. The number of nitrogens with zero attached hydrogens (tertiary/aromatic N) is 3. The lowest BCUT2D eigenvalue weighted by molar-refractivity contribution is -0.119. The average molecular weight is 418 g/mol. The molecule has 164 valence electrons. The van der Waals surface area contributed by atoms with E-state index in [0.717, 1.165) is 5.69 Å². The quantitative estimate of drug-likeness (QED) is 0.383. The molecule has 0 bridgehead atoms. The Hall–Kier alpha value is -3.11. The normalized spacial score (nSPS) is 12.0. The Kier molecular flexibility index (Phi) is 8.19. The zero-order valence-electron chi connectivity index (χ0n) is 17.8. The molecule has 2 rings (SSSR count). The third-order valence-electron chi connectivity index (χ3n) is 4.78. The second kappa shape index (κ2) is 10.6. The predicted octanol–water partition coefficient (Wildman–Crippen LogP) is 1.63. The molecule has 2 aromatic rings. The molecule has 0 fully saturated rings. The molecule has 0 saturated carbocycles. The Balaban J connectivity index is 2.18. The van der Waals surface area contributed by atoms with Crippen LogP contribution in [0.1, 0.15) is 35.2 Å². The second-order valence-electron chi connectivity index (χ2n) is 6.69. The smallest absolute Gasteiger partial charge is 0.338 e. The number of nitrogen functional groups attached to an aromatic ring is 3. The van der Waals surface area contributed by atoms with Crippen LogP contribution >= 0.6 is 0 Å². The Morgan fingerprint density at radius 1 is 1.07 bits per heavy atom. The summed E-state index contributed by atoms with van der Waals surface area (Å²) in [7, 11) is 5.03. The van der Waals surface area contributed by atoms with Gasteiger partial charge in [-0.15, -0.1) is 0 Å². The summed E-state index contributed by atoms with van der Waals surface area (Å²) in [4.78, 5) is 21.9. The van der Waals surface area contributed by atoms with E-state index >= 15 is 0 Å². The summed E-state index contributed by atoms with van der Waals surface area (Å²) in [6.07, 6.45) is -0.00846. The maximum atomic E-state index is 11.8. The highest BCUT2D eigenvalue weighted by Crippen LogP contribution is 2.34. The molecule has 6 N–H and O–H groups in total. The van der Waals surface area contributed by atoms with Gasteiger partial charge >= 0.3 is 5.97 Å². The molecule has 1 unspecified atom stereocenters. The highest BCUT2D eigenvalue weighted by Gasteiger charge is 2.29. The minimum atomic E-state index is -0.596. The molecule has 0 aliphatic heterocycles. The van der Waals surface area contributed by atoms with Gasteiger partial charge in [-0.3, -0.25) is 0 Å². The number of nitrogens with two attached hydrogens (primary N) is 3. The van der Waals surface area contributed by atoms with Crippen LogP contribution < -0.4 is 22.1 Å². The maximum Gasteiger partial charge on any atom is 0.338 e. The molecule has 1 aromatic heterocycles. The number of esters is 1. The van der Waals surface area contributed by atoms with E-state index < -0.39 is 6.29 Å². The van der Waals surface area contributed by atoms with Crippen molar-refractivity contribution < 1.29 is 19.0 Å². The van der Waals surface area contributed by atoms with E-state index in [9.17, 15) is 4.79 Å². The topological polar surface area (TPSA) is 152 Å². The lowest BCUT2D eigenvalue weighted by Gasteiger charge is -2.29. The van der Waals surface area contributed by atoms with E-state index in [1.54, 1.807) is 33.3 Å². The van der Waals surface area contributed by atoms with Crippen molar-refractivity contribution in [2.75, 3.05) is 56.5 Å². The second-order valence-corrected chi connectivity index (χ2v) is 6.69. The summed E-state index contributed by atoms with van der Waals surface area (Å²) in [6, 6.07) is 7.19. The Morgan fingerprint density at radius 2 is 1.63 bits per heavy atom. The van der Waals surface area contributed by atoms with Gasteiger partial charge in [-0.2, -0.15) is 9.97 Å². The van der Waals surface area contributed by atoms with Crippen molar-refractivity contribution in [3.8, 4) is 0 Å². The van der Waals surface area contributed by atoms with Crippen LogP contribution in [0.2, 0.25) is 0 Å². The average Bonchev–Trinajstić information content (AvgIpc) is 2.71. The molecule has 10 nitrogen and oxygen atoms in total. The lowest BCUT2D eigenvalue weighted by Crippen LogP contribution is -2.30. The van der Waals surface area contributed by atoms with Gasteiger partial charge in [0.25, 0.3) is 0 Å². The van der Waals surface area contributed by atoms with Crippen molar-refractivity contribution in [3.05, 3.63) is 35.4 Å². The van der Waals surface area contributed by atoms with Gasteiger partial charge in [0.2, 0.25) is 5.95 Å². The fraction of sp³-hybridized carbons (Fsp3) is 0.450. The highest BCUT2D eigenvalue weighted by atomic mass is 16.7. The van der Waals surface area contributed by atoms with E-state index in [4.69, 9.17) is 31.4 Å². The lowest BCUT2D eigenvalue weighted by atomic mass is 9.95. The van der Waals surface area contributed by atoms with E-state index in [2.05, 4.69) is 9.97 Å². The number of methoxy groups -OCH3 is 2. The van der Waals surface area contributed by atoms with E-state index in [-0.39, 0.29) is 29.5 Å². The van der Waals surface area contributed by atoms with E-state index in [1.807, 2.05) is 24.1 Å². The van der Waals surface area contributed by atoms with E-state index in [1.165, 1.54) is 0 Å². The summed E-state index contributed by atoms with van der Waals surface area (Å²) in [6.45, 7) is 2.73. The Labute approximate surface area is 176 Å². The number of rotatable bonds is 10. The minimum Gasteiger partial charge on any atom is -0.462 e. The molecule has 30 heavy (non-hydrogen) atoms. The molecular weight excluding hydrogens is 388 g/mol. The number of hydrogen-bond acceptors (Lipinski definition) is 10. The van der Waals surface area contributed by atoms with Crippen molar-refractivity contribution in [2.24, 2.45) is 0 Å². The minimum absolute atomic E-state index is 0.0118. The fourth-order valence-electron chi connectivity index (χ4n) is 3.27. The molecule has 0 saturated heterocycles. The van der Waals surface area contributed by atoms with Crippen LogP contribution in [-0.4, -0.2) is 56.6 Å². The number of carbonyl (C=O) groups excluding carboxylic acids is 1. The van der Waals surface area contributed by atoms with Crippen LogP contribution in [0.15, 0.2) is 24.3 Å². The largest absolute Gasteiger partial charge is 0.462 e. The maximum absolute atomic E-state index is 11.8. The summed E-state index contributed by atoms with van der Waals surface area (Å²) in [5.41, 5.74) is 19.8. The Bertz CT molecular complexity index is 819. The number of aromatic nitrogens is 2. The number of benzene rings is 1. The number of anilines is 4. The molecular formula is C20H30N6O4. The Morgan fingerprint density at radius 3 is 2.13 bits per heavy atom. The third-order valence-corrected chi connectivity index (χ3v) is 4.78. The van der Waals surface area contributed by atoms with Crippen LogP contribution in [0.4, 0.5) is 23.3 Å². The molecule has 0 radical (unpaired) electrons. The fourth-order valence-corrected chi connectivity index (χ4v) is 3.27. The van der Waals surface area contributed by atoms with Gasteiger partial charge in [0.15, 0.2) is 6.29 Å². The zero-order valence-corrected chi connectivity index (χ0v) is 17.8. The van der Waals surface area contributed by atoms with E-state index in [0.29, 0.717) is 30.7 Å². The number of carbonyl (C=O) groups is 1. The summed E-state index contributed by atoms with van der Waals surface area (Å²) >= 11 is 0. The van der Waals surface area contributed by atoms with Crippen LogP contribution in [-0.2, 0) is 14.2 Å². The van der Waals surface area contributed by atoms with Crippen LogP contribution in [0.3, 0.4) is 0 Å². The van der Waals surface area contributed by atoms with Gasteiger partial charge < -0.3 is 36.3 Å². The first kappa shape index (κ1) is 23.2. The molecule has 1 aromatic carbocycles. The van der Waals surface area contributed by atoms with Crippen molar-refractivity contribution in [2.45, 2.75) is 25.6 Å². The van der Waals surface area contributed by atoms with Crippen molar-refractivity contribution in [1.29, 1.82) is 0 Å². The molecule has 1 atom stereocenters. The number of ether oxygens (including phenoxy) is 3. The standard InChI is InChI=1S/C20H30N6O4/c1-5-30-18(27)12-6-8-13(9-7-12)26(2)11-10-14(19(28-3)29-4)15-16(21)24-20(23)25-17(15)22/h6-9,14,19H,5,10-11H2,1-4H3,(H6,21,22,23,24,25). The predicted molar refractivity (Wildman–Crippen MR) is 116 cm³/mol. The van der Waals surface area contributed by atoms with Crippen LogP contribution in [0.5, 0.6) is 0 Å². The molecule has 1 heterocycles. The first-order valence-corrected chi connectivity index (χ1v) is 9.54. The molecule has 10 heteroatoms.